The molecule has 0 atom stereocenters. The van der Waals surface area contributed by atoms with Crippen LogP contribution in [0.4, 0.5) is 5.82 Å². The first-order valence-corrected chi connectivity index (χ1v) is 14.0. The molecule has 3 fully saturated rings. The van der Waals surface area contributed by atoms with Crippen molar-refractivity contribution >= 4 is 23.3 Å². The number of anilines is 1. The predicted octanol–water partition coefficient (Wildman–Crippen LogP) is 4.58. The molecule has 2 heterocycles. The summed E-state index contributed by atoms with van der Waals surface area (Å²) in [7, 11) is 0. The summed E-state index contributed by atoms with van der Waals surface area (Å²) in [5, 5.41) is 21.1. The molecule has 2 aliphatic carbocycles. The number of benzene rings is 1. The van der Waals surface area contributed by atoms with Gasteiger partial charge in [0.05, 0.1) is 16.7 Å². The molecule has 0 bridgehead atoms. The third-order valence-electron chi connectivity index (χ3n) is 7.99. The summed E-state index contributed by atoms with van der Waals surface area (Å²) in [5.41, 5.74) is 0.795. The Balaban J connectivity index is 1.06. The summed E-state index contributed by atoms with van der Waals surface area (Å²) < 4.78 is 6.05. The van der Waals surface area contributed by atoms with E-state index < -0.39 is 0 Å². The average molecular weight is 523 g/mol. The molecule has 1 aromatic heterocycles. The number of nitriles is 1. The molecule has 0 radical (unpaired) electrons. The molecule has 2 saturated carbocycles. The van der Waals surface area contributed by atoms with Crippen molar-refractivity contribution in [3.8, 4) is 11.8 Å². The number of ether oxygens (including phenoxy) is 1. The van der Waals surface area contributed by atoms with Gasteiger partial charge in [-0.3, -0.25) is 9.69 Å². The molecule has 8 nitrogen and oxygen atoms in total. The van der Waals surface area contributed by atoms with E-state index >= 15 is 0 Å². The van der Waals surface area contributed by atoms with E-state index in [0.717, 1.165) is 63.7 Å². The van der Waals surface area contributed by atoms with Crippen molar-refractivity contribution in [2.24, 2.45) is 0 Å². The number of halogens is 1. The van der Waals surface area contributed by atoms with E-state index in [0.29, 0.717) is 22.0 Å². The quantitative estimate of drug-likeness (QED) is 0.593. The number of hydrogen-bond donors (Lipinski definition) is 1. The van der Waals surface area contributed by atoms with E-state index in [1.807, 2.05) is 6.07 Å². The van der Waals surface area contributed by atoms with Crippen LogP contribution < -0.4 is 15.0 Å². The highest BCUT2D eigenvalue weighted by atomic mass is 35.5. The largest absolute Gasteiger partial charge is 0.490 e. The number of nitrogens with zero attached hydrogens (tertiary/aromatic N) is 5. The van der Waals surface area contributed by atoms with Gasteiger partial charge in [0.1, 0.15) is 11.8 Å². The summed E-state index contributed by atoms with van der Waals surface area (Å²) in [4.78, 5) is 17.7. The molecule has 0 unspecified atom stereocenters. The number of aromatic nitrogens is 2. The van der Waals surface area contributed by atoms with Crippen LogP contribution >= 0.6 is 11.6 Å². The van der Waals surface area contributed by atoms with Crippen LogP contribution in [0.3, 0.4) is 0 Å². The number of carbonyl (C=O) groups excluding carboxylic acids is 1. The van der Waals surface area contributed by atoms with Crippen molar-refractivity contribution in [3.63, 3.8) is 0 Å². The third kappa shape index (κ3) is 6.52. The van der Waals surface area contributed by atoms with Gasteiger partial charge in [-0.2, -0.15) is 5.26 Å². The lowest BCUT2D eigenvalue weighted by Gasteiger charge is -2.41. The topological polar surface area (TPSA) is 94.4 Å². The Labute approximate surface area is 223 Å². The molecular weight excluding hydrogens is 488 g/mol. The van der Waals surface area contributed by atoms with Crippen LogP contribution in [0.5, 0.6) is 5.75 Å². The van der Waals surface area contributed by atoms with Crippen LogP contribution in [-0.2, 0) is 0 Å². The van der Waals surface area contributed by atoms with Gasteiger partial charge in [0.15, 0.2) is 11.5 Å². The van der Waals surface area contributed by atoms with Gasteiger partial charge in [0, 0.05) is 44.3 Å². The second-order valence-electron chi connectivity index (χ2n) is 10.4. The van der Waals surface area contributed by atoms with Crippen molar-refractivity contribution in [2.45, 2.75) is 76.0 Å². The molecule has 1 N–H and O–H groups in total. The lowest BCUT2D eigenvalue weighted by Crippen LogP contribution is -2.51. The van der Waals surface area contributed by atoms with E-state index in [-0.39, 0.29) is 18.1 Å². The van der Waals surface area contributed by atoms with E-state index in [2.05, 4.69) is 31.4 Å². The van der Waals surface area contributed by atoms with Gasteiger partial charge in [-0.25, -0.2) is 0 Å². The van der Waals surface area contributed by atoms with Crippen molar-refractivity contribution in [1.82, 2.24) is 20.4 Å². The number of nitrogens with one attached hydrogen (secondary N) is 1. The SMILES string of the molecule is N#Cc1ccc(OC2CCC(NC(=O)c3ccc(N4CCN(C5CCCCC5)CC4)nn3)CC2)cc1Cl. The molecule has 5 rings (SSSR count). The van der Waals surface area contributed by atoms with Crippen LogP contribution in [0.25, 0.3) is 0 Å². The third-order valence-corrected chi connectivity index (χ3v) is 8.30. The number of piperazine rings is 1. The second kappa shape index (κ2) is 12.1. The fourth-order valence-corrected chi connectivity index (χ4v) is 6.03. The summed E-state index contributed by atoms with van der Waals surface area (Å²) in [6, 6.07) is 11.7. The lowest BCUT2D eigenvalue weighted by molar-refractivity contribution is 0.0888. The van der Waals surface area contributed by atoms with Gasteiger partial charge in [-0.05, 0) is 62.8 Å². The molecule has 1 aromatic carbocycles. The number of amides is 1. The number of carbonyl (C=O) groups is 1. The molecule has 196 valence electrons. The molecule has 2 aromatic rings. The molecule has 3 aliphatic rings. The van der Waals surface area contributed by atoms with Gasteiger partial charge in [-0.15, -0.1) is 10.2 Å². The maximum absolute atomic E-state index is 12.8. The molecule has 1 saturated heterocycles. The average Bonchev–Trinajstić information content (AvgIpc) is 2.95. The molecular formula is C28H35ClN6O2. The highest BCUT2D eigenvalue weighted by molar-refractivity contribution is 6.31. The number of hydrogen-bond acceptors (Lipinski definition) is 7. The molecule has 0 spiro atoms. The van der Waals surface area contributed by atoms with E-state index in [4.69, 9.17) is 21.6 Å². The van der Waals surface area contributed by atoms with Gasteiger partial charge in [-0.1, -0.05) is 30.9 Å². The predicted molar refractivity (Wildman–Crippen MR) is 143 cm³/mol. The normalized spacial score (nSPS) is 23.3. The van der Waals surface area contributed by atoms with Crippen molar-refractivity contribution in [2.75, 3.05) is 31.1 Å². The Morgan fingerprint density at radius 1 is 0.973 bits per heavy atom. The minimum atomic E-state index is -0.176. The van der Waals surface area contributed by atoms with E-state index in [9.17, 15) is 4.79 Å². The maximum Gasteiger partial charge on any atom is 0.272 e. The minimum absolute atomic E-state index is 0.0646. The Hall–Kier alpha value is -2.89. The van der Waals surface area contributed by atoms with Gasteiger partial charge >= 0.3 is 0 Å². The number of rotatable bonds is 6. The van der Waals surface area contributed by atoms with Crippen LogP contribution in [0.2, 0.25) is 5.02 Å². The zero-order valence-electron chi connectivity index (χ0n) is 21.2. The molecule has 1 aliphatic heterocycles. The molecule has 1 amide bonds. The first-order valence-electron chi connectivity index (χ1n) is 13.6. The molecule has 37 heavy (non-hydrogen) atoms. The summed E-state index contributed by atoms with van der Waals surface area (Å²) >= 11 is 6.11. The first kappa shape index (κ1) is 25.7. The van der Waals surface area contributed by atoms with Crippen LogP contribution in [0.15, 0.2) is 30.3 Å². The lowest BCUT2D eigenvalue weighted by atomic mass is 9.93. The fourth-order valence-electron chi connectivity index (χ4n) is 5.81. The Bertz CT molecular complexity index is 1100. The summed E-state index contributed by atoms with van der Waals surface area (Å²) in [5.74, 6) is 1.34. The molecule has 9 heteroatoms. The van der Waals surface area contributed by atoms with Crippen LogP contribution in [0, 0.1) is 11.3 Å². The minimum Gasteiger partial charge on any atom is -0.490 e. The van der Waals surface area contributed by atoms with Crippen molar-refractivity contribution in [1.29, 1.82) is 5.26 Å². The van der Waals surface area contributed by atoms with Gasteiger partial charge in [0.2, 0.25) is 0 Å². The Kier molecular flexibility index (Phi) is 8.42. The fraction of sp³-hybridized carbons (Fsp3) is 0.571. The zero-order chi connectivity index (χ0) is 25.6. The van der Waals surface area contributed by atoms with E-state index in [1.54, 1.807) is 24.3 Å². The van der Waals surface area contributed by atoms with Gasteiger partial charge < -0.3 is 15.0 Å². The smallest absolute Gasteiger partial charge is 0.272 e. The highest BCUT2D eigenvalue weighted by Crippen LogP contribution is 2.28. The monoisotopic (exact) mass is 522 g/mol. The standard InChI is InChI=1S/C28H35ClN6O2/c29-25-18-24(9-6-20(25)19-30)37-23-10-7-21(8-11-23)31-28(36)26-12-13-27(33-32-26)35-16-14-34(15-17-35)22-4-2-1-3-5-22/h6,9,12-13,18,21-23H,1-5,7-8,10-11,14-17H2,(H,31,36). The maximum atomic E-state index is 12.8. The Morgan fingerprint density at radius 3 is 2.38 bits per heavy atom. The van der Waals surface area contributed by atoms with Crippen LogP contribution in [-0.4, -0.2) is 65.4 Å². The Morgan fingerprint density at radius 2 is 1.73 bits per heavy atom. The first-order chi connectivity index (χ1) is 18.1. The zero-order valence-corrected chi connectivity index (χ0v) is 22.0. The van der Waals surface area contributed by atoms with Gasteiger partial charge in [0.25, 0.3) is 5.91 Å². The second-order valence-corrected chi connectivity index (χ2v) is 10.8. The van der Waals surface area contributed by atoms with E-state index in [1.165, 1.54) is 32.1 Å². The van der Waals surface area contributed by atoms with Crippen molar-refractivity contribution in [3.05, 3.63) is 46.6 Å². The van der Waals surface area contributed by atoms with Crippen LogP contribution in [0.1, 0.15) is 73.8 Å². The summed E-state index contributed by atoms with van der Waals surface area (Å²) in [6.45, 7) is 4.05. The highest BCUT2D eigenvalue weighted by Gasteiger charge is 2.27. The van der Waals surface area contributed by atoms with Crippen molar-refractivity contribution < 1.29 is 9.53 Å². The summed E-state index contributed by atoms with van der Waals surface area (Å²) in [6.07, 6.45) is 10.2.